The number of carbonyl (C=O) groups is 3. The minimum atomic E-state index is -0.763. The van der Waals surface area contributed by atoms with Gasteiger partial charge in [0.1, 0.15) is 6.04 Å². The van der Waals surface area contributed by atoms with Gasteiger partial charge in [-0.05, 0) is 42.2 Å². The Balaban J connectivity index is 1.60. The number of rotatable bonds is 40. The predicted octanol–water partition coefficient (Wildman–Crippen LogP) is 14.5. The molecule has 0 fully saturated rings. The SMILES string of the molecule is CCCCCCCCCCCCCCCCCCNC(=O)CC[C@H](NC(=O)c1ccc2ccccc2c1)C(=O)NCCCCCCCCCCCCCCCCCC. The van der Waals surface area contributed by atoms with Crippen LogP contribution in [0, 0.1) is 0 Å². The van der Waals surface area contributed by atoms with Crippen molar-refractivity contribution >= 4 is 28.5 Å². The Morgan fingerprint density at radius 3 is 1.26 bits per heavy atom. The number of nitrogens with one attached hydrogen (secondary N) is 3. The van der Waals surface area contributed by atoms with Gasteiger partial charge in [0, 0.05) is 25.1 Å². The molecule has 0 aliphatic heterocycles. The van der Waals surface area contributed by atoms with Crippen molar-refractivity contribution in [1.29, 1.82) is 0 Å². The van der Waals surface area contributed by atoms with Gasteiger partial charge in [-0.15, -0.1) is 0 Å². The molecule has 0 heterocycles. The van der Waals surface area contributed by atoms with Crippen LogP contribution in [0.15, 0.2) is 42.5 Å². The van der Waals surface area contributed by atoms with Crippen molar-refractivity contribution in [1.82, 2.24) is 16.0 Å². The molecule has 2 aromatic rings. The molecule has 3 amide bonds. The molecule has 0 aliphatic rings. The lowest BCUT2D eigenvalue weighted by Crippen LogP contribution is -2.47. The van der Waals surface area contributed by atoms with E-state index >= 15 is 0 Å². The monoisotopic (exact) mass is 804 g/mol. The van der Waals surface area contributed by atoms with Gasteiger partial charge in [-0.3, -0.25) is 14.4 Å². The molecule has 0 saturated carbocycles. The maximum absolute atomic E-state index is 13.4. The minimum Gasteiger partial charge on any atom is -0.356 e. The Hall–Kier alpha value is -2.89. The van der Waals surface area contributed by atoms with Crippen LogP contribution in [-0.2, 0) is 9.59 Å². The van der Waals surface area contributed by atoms with E-state index in [2.05, 4.69) is 29.8 Å². The fourth-order valence-electron chi connectivity index (χ4n) is 8.11. The van der Waals surface area contributed by atoms with Gasteiger partial charge in [-0.1, -0.05) is 237 Å². The van der Waals surface area contributed by atoms with Gasteiger partial charge in [-0.2, -0.15) is 0 Å². The van der Waals surface area contributed by atoms with Crippen molar-refractivity contribution in [3.8, 4) is 0 Å². The third-order valence-electron chi connectivity index (χ3n) is 12.0. The lowest BCUT2D eigenvalue weighted by Gasteiger charge is -2.19. The topological polar surface area (TPSA) is 87.3 Å². The zero-order valence-corrected chi connectivity index (χ0v) is 37.8. The van der Waals surface area contributed by atoms with Crippen LogP contribution in [0.4, 0.5) is 0 Å². The zero-order chi connectivity index (χ0) is 41.6. The van der Waals surface area contributed by atoms with Gasteiger partial charge in [0.25, 0.3) is 5.91 Å². The number of hydrogen-bond donors (Lipinski definition) is 3. The van der Waals surface area contributed by atoms with Crippen molar-refractivity contribution in [3.05, 3.63) is 48.0 Å². The number of carbonyl (C=O) groups excluding carboxylic acids is 3. The molecule has 3 N–H and O–H groups in total. The summed E-state index contributed by atoms with van der Waals surface area (Å²) in [4.78, 5) is 39.5. The molecule has 1 atom stereocenters. The van der Waals surface area contributed by atoms with Crippen LogP contribution < -0.4 is 16.0 Å². The van der Waals surface area contributed by atoms with E-state index in [0.29, 0.717) is 18.7 Å². The number of hydrogen-bond acceptors (Lipinski definition) is 3. The molecular weight excluding hydrogens is 715 g/mol. The van der Waals surface area contributed by atoms with E-state index in [1.165, 1.54) is 180 Å². The molecular formula is C52H89N3O3. The van der Waals surface area contributed by atoms with E-state index < -0.39 is 6.04 Å². The second kappa shape index (κ2) is 37.1. The number of fused-ring (bicyclic) bond motifs is 1. The highest BCUT2D eigenvalue weighted by Crippen LogP contribution is 2.18. The third-order valence-corrected chi connectivity index (χ3v) is 12.0. The quantitative estimate of drug-likeness (QED) is 0.0586. The van der Waals surface area contributed by atoms with Crippen molar-refractivity contribution in [2.45, 2.75) is 238 Å². The Morgan fingerprint density at radius 1 is 0.448 bits per heavy atom. The van der Waals surface area contributed by atoms with Gasteiger partial charge < -0.3 is 16.0 Å². The molecule has 2 rings (SSSR count). The molecule has 2 aromatic carbocycles. The fraction of sp³-hybridized carbons (Fsp3) is 0.750. The zero-order valence-electron chi connectivity index (χ0n) is 37.8. The second-order valence-electron chi connectivity index (χ2n) is 17.4. The summed E-state index contributed by atoms with van der Waals surface area (Å²) >= 11 is 0. The molecule has 0 aromatic heterocycles. The van der Waals surface area contributed by atoms with E-state index in [0.717, 1.165) is 36.5 Å². The molecule has 6 heteroatoms. The fourth-order valence-corrected chi connectivity index (χ4v) is 8.11. The van der Waals surface area contributed by atoms with Crippen molar-refractivity contribution < 1.29 is 14.4 Å². The molecule has 0 spiro atoms. The van der Waals surface area contributed by atoms with Gasteiger partial charge >= 0.3 is 0 Å². The summed E-state index contributed by atoms with van der Waals surface area (Å²) in [5, 5.41) is 11.1. The molecule has 0 bridgehead atoms. The Kier molecular flexibility index (Phi) is 32.8. The van der Waals surface area contributed by atoms with E-state index in [1.807, 2.05) is 36.4 Å². The molecule has 58 heavy (non-hydrogen) atoms. The predicted molar refractivity (Wildman–Crippen MR) is 250 cm³/mol. The number of amides is 3. The molecule has 0 aliphatic carbocycles. The van der Waals surface area contributed by atoms with Crippen LogP contribution in [0.1, 0.15) is 243 Å². The summed E-state index contributed by atoms with van der Waals surface area (Å²) in [6.45, 7) is 5.81. The molecule has 0 saturated heterocycles. The normalized spacial score (nSPS) is 11.8. The minimum absolute atomic E-state index is 0.0588. The Bertz CT molecular complexity index is 1300. The van der Waals surface area contributed by atoms with Gasteiger partial charge in [0.15, 0.2) is 0 Å². The summed E-state index contributed by atoms with van der Waals surface area (Å²) in [6.07, 6.45) is 42.7. The van der Waals surface area contributed by atoms with Crippen molar-refractivity contribution in [3.63, 3.8) is 0 Å². The average Bonchev–Trinajstić information content (AvgIpc) is 3.24. The molecule has 0 radical (unpaired) electrons. The summed E-state index contributed by atoms with van der Waals surface area (Å²) in [5.74, 6) is -0.556. The van der Waals surface area contributed by atoms with Crippen LogP contribution in [0.2, 0.25) is 0 Å². The first-order chi connectivity index (χ1) is 28.5. The van der Waals surface area contributed by atoms with Gasteiger partial charge in [0.2, 0.25) is 11.8 Å². The molecule has 0 unspecified atom stereocenters. The number of unbranched alkanes of at least 4 members (excludes halogenated alkanes) is 30. The maximum Gasteiger partial charge on any atom is 0.251 e. The molecule has 330 valence electrons. The lowest BCUT2D eigenvalue weighted by molar-refractivity contribution is -0.124. The highest BCUT2D eigenvalue weighted by Gasteiger charge is 2.22. The van der Waals surface area contributed by atoms with Gasteiger partial charge in [0.05, 0.1) is 0 Å². The lowest BCUT2D eigenvalue weighted by atomic mass is 10.0. The second-order valence-corrected chi connectivity index (χ2v) is 17.4. The highest BCUT2D eigenvalue weighted by molar-refractivity contribution is 6.00. The Labute approximate surface area is 357 Å². The van der Waals surface area contributed by atoms with E-state index in [4.69, 9.17) is 0 Å². The van der Waals surface area contributed by atoms with E-state index in [1.54, 1.807) is 6.07 Å². The van der Waals surface area contributed by atoms with Crippen LogP contribution in [-0.4, -0.2) is 36.9 Å². The summed E-state index contributed by atoms with van der Waals surface area (Å²) in [5.41, 5.74) is 0.516. The van der Waals surface area contributed by atoms with E-state index in [9.17, 15) is 14.4 Å². The average molecular weight is 804 g/mol. The third kappa shape index (κ3) is 27.7. The Morgan fingerprint density at radius 2 is 0.828 bits per heavy atom. The highest BCUT2D eigenvalue weighted by atomic mass is 16.2. The smallest absolute Gasteiger partial charge is 0.251 e. The van der Waals surface area contributed by atoms with Crippen LogP contribution in [0.25, 0.3) is 10.8 Å². The summed E-state index contributed by atoms with van der Waals surface area (Å²) < 4.78 is 0. The first-order valence-electron chi connectivity index (χ1n) is 24.9. The van der Waals surface area contributed by atoms with Crippen LogP contribution >= 0.6 is 0 Å². The van der Waals surface area contributed by atoms with E-state index in [-0.39, 0.29) is 30.6 Å². The maximum atomic E-state index is 13.4. The summed E-state index contributed by atoms with van der Waals surface area (Å²) in [6, 6.07) is 12.8. The summed E-state index contributed by atoms with van der Waals surface area (Å²) in [7, 11) is 0. The largest absolute Gasteiger partial charge is 0.356 e. The van der Waals surface area contributed by atoms with Gasteiger partial charge in [-0.25, -0.2) is 0 Å². The van der Waals surface area contributed by atoms with Crippen molar-refractivity contribution in [2.75, 3.05) is 13.1 Å². The van der Waals surface area contributed by atoms with Crippen molar-refractivity contribution in [2.24, 2.45) is 0 Å². The first-order valence-corrected chi connectivity index (χ1v) is 24.9. The number of benzene rings is 2. The standard InChI is InChI=1S/C52H89N3O3/c1-3-5-7-9-11-13-15-17-19-21-23-25-27-29-31-35-43-53-50(56)42-41-49(55-51(57)48-40-39-46-37-33-34-38-47(46)45-48)52(58)54-44-36-32-30-28-26-24-22-20-18-16-14-12-10-8-6-4-2/h33-34,37-40,45,49H,3-32,35-36,41-44H2,1-2H3,(H,53,56)(H,54,58)(H,55,57)/t49-/m0/s1. The first kappa shape index (κ1) is 51.3. The van der Waals surface area contributed by atoms with Crippen LogP contribution in [0.5, 0.6) is 0 Å². The molecule has 6 nitrogen and oxygen atoms in total. The van der Waals surface area contributed by atoms with Crippen LogP contribution in [0.3, 0.4) is 0 Å².